The third-order valence-corrected chi connectivity index (χ3v) is 2.56. The molecule has 1 heterocycles. The topological polar surface area (TPSA) is 68.3 Å². The van der Waals surface area contributed by atoms with E-state index in [1.165, 1.54) is 11.5 Å². The van der Waals surface area contributed by atoms with Crippen molar-refractivity contribution in [3.8, 4) is 0 Å². The standard InChI is InChI=1S/C11H16N2O3S/c1-7-8(6-17-13-7)9(14)5-12-10(15)16-11(2,3)4/h6H,5H2,1-4H3,(H,12,15). The van der Waals surface area contributed by atoms with E-state index in [1.54, 1.807) is 33.1 Å². The molecule has 0 fully saturated rings. The molecule has 94 valence electrons. The van der Waals surface area contributed by atoms with Gasteiger partial charge in [0.05, 0.1) is 17.8 Å². The van der Waals surface area contributed by atoms with Crippen LogP contribution in [0.25, 0.3) is 0 Å². The van der Waals surface area contributed by atoms with Gasteiger partial charge in [0.1, 0.15) is 5.60 Å². The summed E-state index contributed by atoms with van der Waals surface area (Å²) < 4.78 is 9.02. The Labute approximate surface area is 104 Å². The van der Waals surface area contributed by atoms with Gasteiger partial charge in [0, 0.05) is 5.38 Å². The lowest BCUT2D eigenvalue weighted by molar-refractivity contribution is 0.0520. The molecular formula is C11H16N2O3S. The Kier molecular flexibility index (Phi) is 4.22. The van der Waals surface area contributed by atoms with Gasteiger partial charge in [-0.3, -0.25) is 4.79 Å². The van der Waals surface area contributed by atoms with Gasteiger partial charge < -0.3 is 10.1 Å². The van der Waals surface area contributed by atoms with Crippen LogP contribution in [0.5, 0.6) is 0 Å². The molecule has 1 aromatic heterocycles. The fourth-order valence-electron chi connectivity index (χ4n) is 1.12. The van der Waals surface area contributed by atoms with Crippen molar-refractivity contribution in [2.24, 2.45) is 0 Å². The van der Waals surface area contributed by atoms with Gasteiger partial charge in [0.2, 0.25) is 0 Å². The van der Waals surface area contributed by atoms with E-state index in [1.807, 2.05) is 0 Å². The summed E-state index contributed by atoms with van der Waals surface area (Å²) in [6, 6.07) is 0. The molecule has 1 N–H and O–H groups in total. The Hall–Kier alpha value is -1.43. The number of carbonyl (C=O) groups excluding carboxylic acids is 2. The number of aromatic nitrogens is 1. The van der Waals surface area contributed by atoms with Gasteiger partial charge in [0.25, 0.3) is 0 Å². The van der Waals surface area contributed by atoms with Crippen molar-refractivity contribution in [2.75, 3.05) is 6.54 Å². The predicted molar refractivity (Wildman–Crippen MR) is 65.4 cm³/mol. The molecule has 6 heteroatoms. The van der Waals surface area contributed by atoms with E-state index in [-0.39, 0.29) is 12.3 Å². The second-order valence-electron chi connectivity index (χ2n) is 4.59. The van der Waals surface area contributed by atoms with E-state index in [2.05, 4.69) is 9.69 Å². The van der Waals surface area contributed by atoms with Crippen LogP contribution in [0, 0.1) is 6.92 Å². The Morgan fingerprint density at radius 2 is 2.12 bits per heavy atom. The van der Waals surface area contributed by atoms with Gasteiger partial charge in [-0.15, -0.1) is 0 Å². The molecule has 0 aromatic carbocycles. The first-order chi connectivity index (χ1) is 7.79. The maximum atomic E-state index is 11.7. The van der Waals surface area contributed by atoms with Crippen LogP contribution in [0.2, 0.25) is 0 Å². The summed E-state index contributed by atoms with van der Waals surface area (Å²) in [7, 11) is 0. The molecule has 5 nitrogen and oxygen atoms in total. The Morgan fingerprint density at radius 1 is 1.47 bits per heavy atom. The molecule has 1 aromatic rings. The average molecular weight is 256 g/mol. The molecule has 0 aliphatic rings. The highest BCUT2D eigenvalue weighted by Crippen LogP contribution is 2.10. The van der Waals surface area contributed by atoms with Crippen molar-refractivity contribution in [3.63, 3.8) is 0 Å². The highest BCUT2D eigenvalue weighted by atomic mass is 32.1. The van der Waals surface area contributed by atoms with Crippen LogP contribution in [-0.4, -0.2) is 28.4 Å². The Bertz CT molecular complexity index is 421. The van der Waals surface area contributed by atoms with Crippen LogP contribution >= 0.6 is 11.5 Å². The highest BCUT2D eigenvalue weighted by molar-refractivity contribution is 7.03. The van der Waals surface area contributed by atoms with Crippen molar-refractivity contribution in [2.45, 2.75) is 33.3 Å². The number of ketones is 1. The van der Waals surface area contributed by atoms with Crippen molar-refractivity contribution in [1.29, 1.82) is 0 Å². The fourth-order valence-corrected chi connectivity index (χ4v) is 1.84. The van der Waals surface area contributed by atoms with E-state index < -0.39 is 11.7 Å². The first-order valence-corrected chi connectivity index (χ1v) is 6.04. The zero-order valence-electron chi connectivity index (χ0n) is 10.4. The first-order valence-electron chi connectivity index (χ1n) is 5.20. The van der Waals surface area contributed by atoms with Crippen molar-refractivity contribution in [3.05, 3.63) is 16.6 Å². The van der Waals surface area contributed by atoms with Crippen LogP contribution < -0.4 is 5.32 Å². The third-order valence-electron chi connectivity index (χ3n) is 1.84. The number of nitrogens with one attached hydrogen (secondary N) is 1. The molecule has 0 aliphatic carbocycles. The van der Waals surface area contributed by atoms with Crippen LogP contribution in [0.15, 0.2) is 5.38 Å². The van der Waals surface area contributed by atoms with E-state index >= 15 is 0 Å². The van der Waals surface area contributed by atoms with Crippen LogP contribution in [0.1, 0.15) is 36.8 Å². The normalized spacial score (nSPS) is 11.1. The lowest BCUT2D eigenvalue weighted by Crippen LogP contribution is -2.35. The number of ether oxygens (including phenoxy) is 1. The second kappa shape index (κ2) is 5.27. The zero-order valence-corrected chi connectivity index (χ0v) is 11.2. The highest BCUT2D eigenvalue weighted by Gasteiger charge is 2.17. The summed E-state index contributed by atoms with van der Waals surface area (Å²) >= 11 is 1.22. The number of Topliss-reactive ketones (excluding diaryl/α,β-unsaturated/α-hetero) is 1. The maximum absolute atomic E-state index is 11.7. The quantitative estimate of drug-likeness (QED) is 0.841. The summed E-state index contributed by atoms with van der Waals surface area (Å²) in [5.41, 5.74) is 0.671. The van der Waals surface area contributed by atoms with Crippen molar-refractivity contribution in [1.82, 2.24) is 9.69 Å². The van der Waals surface area contributed by atoms with Gasteiger partial charge in [-0.05, 0) is 39.2 Å². The summed E-state index contributed by atoms with van der Waals surface area (Å²) in [6.45, 7) is 6.98. The summed E-state index contributed by atoms with van der Waals surface area (Å²) in [5, 5.41) is 4.10. The molecule has 0 bridgehead atoms. The van der Waals surface area contributed by atoms with E-state index in [0.29, 0.717) is 11.3 Å². The van der Waals surface area contributed by atoms with E-state index in [4.69, 9.17) is 4.74 Å². The number of nitrogens with zero attached hydrogens (tertiary/aromatic N) is 1. The SMILES string of the molecule is Cc1nscc1C(=O)CNC(=O)OC(C)(C)C. The van der Waals surface area contributed by atoms with Gasteiger partial charge in [0.15, 0.2) is 5.78 Å². The number of aryl methyl sites for hydroxylation is 1. The lowest BCUT2D eigenvalue weighted by Gasteiger charge is -2.19. The van der Waals surface area contributed by atoms with Gasteiger partial charge in [-0.1, -0.05) is 0 Å². The maximum Gasteiger partial charge on any atom is 0.408 e. The minimum atomic E-state index is -0.591. The molecule has 0 unspecified atom stereocenters. The van der Waals surface area contributed by atoms with E-state index in [9.17, 15) is 9.59 Å². The second-order valence-corrected chi connectivity index (χ2v) is 5.22. The summed E-state index contributed by atoms with van der Waals surface area (Å²) in [4.78, 5) is 23.0. The minimum absolute atomic E-state index is 0.0752. The summed E-state index contributed by atoms with van der Waals surface area (Å²) in [5.74, 6) is -0.165. The molecular weight excluding hydrogens is 240 g/mol. The zero-order chi connectivity index (χ0) is 13.1. The van der Waals surface area contributed by atoms with Gasteiger partial charge >= 0.3 is 6.09 Å². The molecule has 1 rings (SSSR count). The fraction of sp³-hybridized carbons (Fsp3) is 0.545. The van der Waals surface area contributed by atoms with Crippen LogP contribution in [0.3, 0.4) is 0 Å². The van der Waals surface area contributed by atoms with Crippen molar-refractivity contribution < 1.29 is 14.3 Å². The third kappa shape index (κ3) is 4.52. The number of carbonyl (C=O) groups is 2. The molecule has 0 radical (unpaired) electrons. The van der Waals surface area contributed by atoms with Gasteiger partial charge in [-0.25, -0.2) is 4.79 Å². The molecule has 0 atom stereocenters. The lowest BCUT2D eigenvalue weighted by atomic mass is 10.2. The van der Waals surface area contributed by atoms with Crippen molar-refractivity contribution >= 4 is 23.4 Å². The minimum Gasteiger partial charge on any atom is -0.444 e. The molecule has 0 spiro atoms. The Morgan fingerprint density at radius 3 is 2.59 bits per heavy atom. The Balaban J connectivity index is 2.45. The largest absolute Gasteiger partial charge is 0.444 e. The number of hydrogen-bond acceptors (Lipinski definition) is 5. The summed E-state index contributed by atoms with van der Waals surface area (Å²) in [6.07, 6.45) is -0.591. The average Bonchev–Trinajstić information content (AvgIpc) is 2.58. The molecule has 0 saturated carbocycles. The smallest absolute Gasteiger partial charge is 0.408 e. The first kappa shape index (κ1) is 13.6. The predicted octanol–water partition coefficient (Wildman–Crippen LogP) is 2.16. The molecule has 1 amide bonds. The number of alkyl carbamates (subject to hydrolysis) is 1. The van der Waals surface area contributed by atoms with Crippen LogP contribution in [-0.2, 0) is 4.74 Å². The number of amides is 1. The number of rotatable bonds is 3. The molecule has 17 heavy (non-hydrogen) atoms. The molecule has 0 saturated heterocycles. The van der Waals surface area contributed by atoms with E-state index in [0.717, 1.165) is 0 Å². The van der Waals surface area contributed by atoms with Gasteiger partial charge in [-0.2, -0.15) is 4.37 Å². The number of hydrogen-bond donors (Lipinski definition) is 1. The molecule has 0 aliphatic heterocycles. The van der Waals surface area contributed by atoms with Crippen LogP contribution in [0.4, 0.5) is 4.79 Å². The monoisotopic (exact) mass is 256 g/mol.